The lowest BCUT2D eigenvalue weighted by Gasteiger charge is -2.38. The molecule has 1 heterocycles. The monoisotopic (exact) mass is 375 g/mol. The third kappa shape index (κ3) is 3.76. The lowest BCUT2D eigenvalue weighted by Crippen LogP contribution is -2.49. The number of aryl methyl sites for hydroxylation is 1. The molecule has 1 saturated heterocycles. The first-order chi connectivity index (χ1) is 12.3. The Morgan fingerprint density at radius 2 is 2.00 bits per heavy atom. The summed E-state index contributed by atoms with van der Waals surface area (Å²) in [5.74, 6) is -0.402. The Morgan fingerprint density at radius 3 is 2.65 bits per heavy atom. The van der Waals surface area contributed by atoms with Gasteiger partial charge in [-0.2, -0.15) is 0 Å². The van der Waals surface area contributed by atoms with Gasteiger partial charge in [0.05, 0.1) is 5.60 Å². The van der Waals surface area contributed by atoms with Gasteiger partial charge in [-0.3, -0.25) is 4.79 Å². The lowest BCUT2D eigenvalue weighted by atomic mass is 9.90. The van der Waals surface area contributed by atoms with Gasteiger partial charge in [0.1, 0.15) is 5.82 Å². The van der Waals surface area contributed by atoms with Gasteiger partial charge in [-0.15, -0.1) is 0 Å². The largest absolute Gasteiger partial charge is 0.388 e. The van der Waals surface area contributed by atoms with Crippen molar-refractivity contribution in [1.29, 1.82) is 0 Å². The fourth-order valence-electron chi connectivity index (χ4n) is 3.42. The van der Waals surface area contributed by atoms with Crippen LogP contribution in [0.3, 0.4) is 0 Å². The number of likely N-dealkylation sites (tertiary alicyclic amines) is 1. The number of nitrogens with zero attached hydrogens (tertiary/aromatic N) is 1. The highest BCUT2D eigenvalue weighted by Crippen LogP contribution is 2.31. The maximum Gasteiger partial charge on any atom is 0.253 e. The van der Waals surface area contributed by atoms with Crippen molar-refractivity contribution in [3.8, 4) is 11.1 Å². The molecule has 3 rings (SSSR count). The molecule has 0 radical (unpaired) electrons. The van der Waals surface area contributed by atoms with E-state index in [1.165, 1.54) is 6.07 Å². The zero-order valence-electron chi connectivity index (χ0n) is 15.1. The van der Waals surface area contributed by atoms with Crippen LogP contribution in [0.25, 0.3) is 11.1 Å². The number of β-amino-alcohol motifs (C(OH)–C–C–N with tert-alkyl or cyclic N) is 1. The molecule has 0 bridgehead atoms. The Balaban J connectivity index is 1.82. The van der Waals surface area contributed by atoms with Gasteiger partial charge in [-0.1, -0.05) is 30.7 Å². The quantitative estimate of drug-likeness (QED) is 0.834. The first-order valence-electron chi connectivity index (χ1n) is 8.91. The van der Waals surface area contributed by atoms with E-state index in [1.54, 1.807) is 42.2 Å². The van der Waals surface area contributed by atoms with E-state index in [1.807, 2.05) is 6.92 Å². The molecule has 1 fully saturated rings. The average molecular weight is 376 g/mol. The number of benzene rings is 2. The van der Waals surface area contributed by atoms with Gasteiger partial charge in [0.15, 0.2) is 0 Å². The molecular formula is C21H23ClFNO2. The summed E-state index contributed by atoms with van der Waals surface area (Å²) in [5.41, 5.74) is 1.62. The highest BCUT2D eigenvalue weighted by molar-refractivity contribution is 6.33. The molecule has 1 amide bonds. The van der Waals surface area contributed by atoms with Crippen LogP contribution in [0.5, 0.6) is 0 Å². The molecule has 5 heteroatoms. The van der Waals surface area contributed by atoms with Crippen molar-refractivity contribution < 1.29 is 14.3 Å². The predicted octanol–water partition coefficient (Wildman–Crippen LogP) is 4.83. The molecule has 1 N–H and O–H groups in total. The highest BCUT2D eigenvalue weighted by atomic mass is 35.5. The third-order valence-electron chi connectivity index (χ3n) is 5.19. The zero-order valence-corrected chi connectivity index (χ0v) is 15.8. The number of piperidine rings is 1. The van der Waals surface area contributed by atoms with E-state index in [9.17, 15) is 14.3 Å². The number of carbonyl (C=O) groups is 1. The minimum Gasteiger partial charge on any atom is -0.388 e. The van der Waals surface area contributed by atoms with Crippen molar-refractivity contribution >= 4 is 17.5 Å². The minimum atomic E-state index is -0.791. The van der Waals surface area contributed by atoms with Crippen LogP contribution in [0.2, 0.25) is 5.02 Å². The second-order valence-corrected chi connectivity index (χ2v) is 7.47. The van der Waals surface area contributed by atoms with Gasteiger partial charge in [-0.05, 0) is 61.6 Å². The molecule has 0 aromatic heterocycles. The van der Waals surface area contributed by atoms with E-state index in [4.69, 9.17) is 11.6 Å². The van der Waals surface area contributed by atoms with Gasteiger partial charge < -0.3 is 10.0 Å². The Bertz CT molecular complexity index is 822. The molecule has 138 valence electrons. The van der Waals surface area contributed by atoms with Crippen molar-refractivity contribution in [2.75, 3.05) is 13.1 Å². The van der Waals surface area contributed by atoms with Crippen molar-refractivity contribution in [2.24, 2.45) is 0 Å². The second kappa shape index (κ2) is 7.37. The summed E-state index contributed by atoms with van der Waals surface area (Å²) < 4.78 is 13.9. The van der Waals surface area contributed by atoms with Crippen LogP contribution in [0.15, 0.2) is 36.4 Å². The van der Waals surface area contributed by atoms with Crippen LogP contribution in [0.4, 0.5) is 4.39 Å². The molecule has 0 unspecified atom stereocenters. The molecule has 0 aliphatic carbocycles. The summed E-state index contributed by atoms with van der Waals surface area (Å²) in [6.45, 7) is 4.62. The number of aliphatic hydroxyl groups is 1. The zero-order chi connectivity index (χ0) is 18.9. The normalized spacial score (nSPS) is 20.3. The summed E-state index contributed by atoms with van der Waals surface area (Å²) >= 11 is 6.24. The van der Waals surface area contributed by atoms with E-state index in [-0.39, 0.29) is 11.7 Å². The van der Waals surface area contributed by atoms with Gasteiger partial charge in [0.2, 0.25) is 0 Å². The molecule has 0 saturated carbocycles. The Morgan fingerprint density at radius 1 is 1.31 bits per heavy atom. The van der Waals surface area contributed by atoms with E-state index >= 15 is 0 Å². The smallest absolute Gasteiger partial charge is 0.253 e. The molecule has 3 nitrogen and oxygen atoms in total. The Hall–Kier alpha value is -1.91. The van der Waals surface area contributed by atoms with Gasteiger partial charge >= 0.3 is 0 Å². The molecule has 2 aromatic rings. The number of carbonyl (C=O) groups excluding carboxylic acids is 1. The molecule has 2 aromatic carbocycles. The summed E-state index contributed by atoms with van der Waals surface area (Å²) in [6.07, 6.45) is 2.16. The summed E-state index contributed by atoms with van der Waals surface area (Å²) in [5, 5.41) is 11.0. The van der Waals surface area contributed by atoms with Crippen molar-refractivity contribution in [2.45, 2.75) is 38.7 Å². The average Bonchev–Trinajstić information content (AvgIpc) is 2.64. The molecule has 1 aliphatic rings. The SMILES string of the molecule is CC[C@@]1(O)CCCN(C(=O)c2ccc(-c3cc(F)c(C)cc3Cl)cc2)C1. The van der Waals surface area contributed by atoms with Crippen molar-refractivity contribution in [1.82, 2.24) is 4.90 Å². The molecule has 1 aliphatic heterocycles. The van der Waals surface area contributed by atoms with E-state index in [0.29, 0.717) is 41.2 Å². The molecule has 26 heavy (non-hydrogen) atoms. The van der Waals surface area contributed by atoms with Crippen LogP contribution in [0.1, 0.15) is 42.1 Å². The minimum absolute atomic E-state index is 0.0932. The highest BCUT2D eigenvalue weighted by Gasteiger charge is 2.33. The van der Waals surface area contributed by atoms with Crippen LogP contribution >= 0.6 is 11.6 Å². The maximum absolute atomic E-state index is 13.9. The van der Waals surface area contributed by atoms with Crippen LogP contribution in [0, 0.1) is 12.7 Å². The summed E-state index contributed by atoms with van der Waals surface area (Å²) in [4.78, 5) is 14.5. The van der Waals surface area contributed by atoms with Gasteiger partial charge in [0.25, 0.3) is 5.91 Å². The topological polar surface area (TPSA) is 40.5 Å². The summed E-state index contributed by atoms with van der Waals surface area (Å²) in [6, 6.07) is 10.0. The summed E-state index contributed by atoms with van der Waals surface area (Å²) in [7, 11) is 0. The second-order valence-electron chi connectivity index (χ2n) is 7.07. The van der Waals surface area contributed by atoms with Crippen LogP contribution < -0.4 is 0 Å². The van der Waals surface area contributed by atoms with Crippen molar-refractivity contribution in [3.05, 3.63) is 58.4 Å². The molecule has 0 spiro atoms. The molecule has 1 atom stereocenters. The van der Waals surface area contributed by atoms with E-state index < -0.39 is 5.60 Å². The van der Waals surface area contributed by atoms with E-state index in [2.05, 4.69) is 0 Å². The number of amides is 1. The first kappa shape index (κ1) is 18.9. The van der Waals surface area contributed by atoms with Gasteiger partial charge in [-0.25, -0.2) is 4.39 Å². The first-order valence-corrected chi connectivity index (χ1v) is 9.28. The standard InChI is InChI=1S/C21H23ClFNO2/c1-3-21(26)9-4-10-24(13-21)20(25)16-7-5-15(6-8-16)17-12-19(23)14(2)11-18(17)22/h5-8,11-12,26H,3-4,9-10,13H2,1-2H3/t21-/m1/s1. The van der Waals surface area contributed by atoms with Crippen LogP contribution in [-0.2, 0) is 0 Å². The Labute approximate surface area is 158 Å². The predicted molar refractivity (Wildman–Crippen MR) is 102 cm³/mol. The fourth-order valence-corrected chi connectivity index (χ4v) is 3.74. The third-order valence-corrected chi connectivity index (χ3v) is 5.50. The number of rotatable bonds is 3. The maximum atomic E-state index is 13.9. The van der Waals surface area contributed by atoms with Crippen LogP contribution in [-0.4, -0.2) is 34.6 Å². The van der Waals surface area contributed by atoms with Crippen molar-refractivity contribution in [3.63, 3.8) is 0 Å². The number of hydrogen-bond donors (Lipinski definition) is 1. The number of hydrogen-bond acceptors (Lipinski definition) is 2. The Kier molecular flexibility index (Phi) is 5.35. The number of halogens is 2. The molecular weight excluding hydrogens is 353 g/mol. The lowest BCUT2D eigenvalue weighted by molar-refractivity contribution is -0.0270. The fraction of sp³-hybridized carbons (Fsp3) is 0.381. The van der Waals surface area contributed by atoms with E-state index in [0.717, 1.165) is 18.4 Å². The van der Waals surface area contributed by atoms with Gasteiger partial charge in [0, 0.05) is 29.2 Å².